The number of ether oxygens (including phenoxy) is 1. The lowest BCUT2D eigenvalue weighted by Gasteiger charge is -2.35. The first-order valence-electron chi connectivity index (χ1n) is 8.08. The van der Waals surface area contributed by atoms with Crippen LogP contribution in [0.15, 0.2) is 0 Å². The lowest BCUT2D eigenvalue weighted by Crippen LogP contribution is -2.44. The second-order valence-corrected chi connectivity index (χ2v) is 6.05. The molecule has 1 aliphatic carbocycles. The van der Waals surface area contributed by atoms with E-state index in [0.717, 1.165) is 12.8 Å². The highest BCUT2D eigenvalue weighted by Crippen LogP contribution is 2.31. The molecule has 18 heavy (non-hydrogen) atoms. The standard InChI is InChI=1S/C16H28O2/c17-16-14-12-10-8-6-4-2-1-3-5-7-9-11-13-15(14)18-16/h14-15H,1-13H2/t14-,15+/m0/s1. The van der Waals surface area contributed by atoms with Crippen molar-refractivity contribution in [3.8, 4) is 0 Å². The number of carbonyl (C=O) groups excluding carboxylic acids is 1. The molecule has 2 nitrogen and oxygen atoms in total. The Hall–Kier alpha value is -0.530. The maximum atomic E-state index is 11.4. The average Bonchev–Trinajstić information content (AvgIpc) is 2.37. The first-order valence-corrected chi connectivity index (χ1v) is 8.08. The molecule has 2 fully saturated rings. The Morgan fingerprint density at radius 2 is 1.11 bits per heavy atom. The van der Waals surface area contributed by atoms with Crippen LogP contribution in [0.4, 0.5) is 0 Å². The molecule has 1 heterocycles. The van der Waals surface area contributed by atoms with Crippen molar-refractivity contribution in [1.29, 1.82) is 0 Å². The Morgan fingerprint density at radius 3 is 1.61 bits per heavy atom. The molecule has 0 spiro atoms. The van der Waals surface area contributed by atoms with E-state index in [1.54, 1.807) is 0 Å². The second-order valence-electron chi connectivity index (χ2n) is 6.05. The van der Waals surface area contributed by atoms with Gasteiger partial charge in [0.2, 0.25) is 0 Å². The molecular weight excluding hydrogens is 224 g/mol. The number of rotatable bonds is 0. The SMILES string of the molecule is O=C1O[C@@H]2CCCCCCCCCCCCC[C@H]12. The van der Waals surface area contributed by atoms with Crippen LogP contribution in [0.2, 0.25) is 0 Å². The van der Waals surface area contributed by atoms with Crippen molar-refractivity contribution in [2.45, 2.75) is 89.6 Å². The highest BCUT2D eigenvalue weighted by molar-refractivity contribution is 5.78. The van der Waals surface area contributed by atoms with Gasteiger partial charge in [-0.2, -0.15) is 0 Å². The molecule has 104 valence electrons. The summed E-state index contributed by atoms with van der Waals surface area (Å²) in [6, 6.07) is 0. The summed E-state index contributed by atoms with van der Waals surface area (Å²) in [7, 11) is 0. The highest BCUT2D eigenvalue weighted by atomic mass is 16.6. The summed E-state index contributed by atoms with van der Waals surface area (Å²) in [5.41, 5.74) is 0. The van der Waals surface area contributed by atoms with Gasteiger partial charge in [-0.05, 0) is 19.3 Å². The Balaban J connectivity index is 1.71. The quantitative estimate of drug-likeness (QED) is 0.588. The van der Waals surface area contributed by atoms with Crippen LogP contribution in [0.1, 0.15) is 83.5 Å². The molecule has 0 aromatic rings. The molecule has 2 heteroatoms. The van der Waals surface area contributed by atoms with E-state index in [4.69, 9.17) is 4.74 Å². The molecule has 0 bridgehead atoms. The van der Waals surface area contributed by atoms with Crippen molar-refractivity contribution in [3.05, 3.63) is 0 Å². The summed E-state index contributed by atoms with van der Waals surface area (Å²) in [5, 5.41) is 0. The largest absolute Gasteiger partial charge is 0.461 e. The molecule has 0 N–H and O–H groups in total. The molecule has 0 aromatic heterocycles. The minimum Gasteiger partial charge on any atom is -0.461 e. The average molecular weight is 252 g/mol. The summed E-state index contributed by atoms with van der Waals surface area (Å²) < 4.78 is 5.29. The van der Waals surface area contributed by atoms with Gasteiger partial charge in [-0.25, -0.2) is 0 Å². The molecule has 0 unspecified atom stereocenters. The van der Waals surface area contributed by atoms with E-state index < -0.39 is 0 Å². The third kappa shape index (κ3) is 4.29. The Bertz CT molecular complexity index is 249. The van der Waals surface area contributed by atoms with E-state index in [9.17, 15) is 4.79 Å². The van der Waals surface area contributed by atoms with Gasteiger partial charge in [0.1, 0.15) is 6.10 Å². The smallest absolute Gasteiger partial charge is 0.313 e. The fraction of sp³-hybridized carbons (Fsp3) is 0.938. The molecule has 0 aromatic carbocycles. The van der Waals surface area contributed by atoms with Crippen molar-refractivity contribution in [1.82, 2.24) is 0 Å². The lowest BCUT2D eigenvalue weighted by atomic mass is 9.87. The minimum atomic E-state index is 0.0734. The molecule has 1 aliphatic heterocycles. The zero-order chi connectivity index (χ0) is 12.6. The van der Waals surface area contributed by atoms with Gasteiger partial charge in [0.25, 0.3) is 0 Å². The van der Waals surface area contributed by atoms with Crippen LogP contribution in [0.3, 0.4) is 0 Å². The molecule has 2 atom stereocenters. The maximum Gasteiger partial charge on any atom is 0.313 e. The van der Waals surface area contributed by atoms with Crippen molar-refractivity contribution in [2.24, 2.45) is 5.92 Å². The number of fused-ring (bicyclic) bond motifs is 1. The van der Waals surface area contributed by atoms with Crippen LogP contribution in [-0.2, 0) is 9.53 Å². The summed E-state index contributed by atoms with van der Waals surface area (Å²) in [6.07, 6.45) is 17.3. The van der Waals surface area contributed by atoms with Gasteiger partial charge in [0.15, 0.2) is 0 Å². The zero-order valence-corrected chi connectivity index (χ0v) is 11.7. The van der Waals surface area contributed by atoms with Crippen molar-refractivity contribution < 1.29 is 9.53 Å². The lowest BCUT2D eigenvalue weighted by molar-refractivity contribution is -0.186. The van der Waals surface area contributed by atoms with E-state index >= 15 is 0 Å². The number of hydrogen-bond acceptors (Lipinski definition) is 2. The van der Waals surface area contributed by atoms with E-state index in [0.29, 0.717) is 0 Å². The Labute approximate surface area is 111 Å². The normalized spacial score (nSPS) is 32.3. The van der Waals surface area contributed by atoms with Crippen LogP contribution >= 0.6 is 0 Å². The van der Waals surface area contributed by atoms with Gasteiger partial charge in [0.05, 0.1) is 5.92 Å². The summed E-state index contributed by atoms with van der Waals surface area (Å²) >= 11 is 0. The number of esters is 1. The van der Waals surface area contributed by atoms with Crippen LogP contribution in [-0.4, -0.2) is 12.1 Å². The monoisotopic (exact) mass is 252 g/mol. The third-order valence-electron chi connectivity index (χ3n) is 4.52. The van der Waals surface area contributed by atoms with Gasteiger partial charge >= 0.3 is 5.97 Å². The number of carbonyl (C=O) groups is 1. The minimum absolute atomic E-state index is 0.0734. The predicted octanol–water partition coefficient (Wildman–Crippen LogP) is 4.61. The molecule has 2 rings (SSSR count). The van der Waals surface area contributed by atoms with Crippen molar-refractivity contribution in [3.63, 3.8) is 0 Å². The van der Waals surface area contributed by atoms with E-state index in [1.807, 2.05) is 0 Å². The number of hydrogen-bond donors (Lipinski definition) is 0. The molecule has 1 saturated carbocycles. The van der Waals surface area contributed by atoms with Crippen molar-refractivity contribution >= 4 is 5.97 Å². The first-order chi connectivity index (χ1) is 8.88. The maximum absolute atomic E-state index is 11.4. The van der Waals surface area contributed by atoms with E-state index in [-0.39, 0.29) is 18.0 Å². The highest BCUT2D eigenvalue weighted by Gasteiger charge is 2.40. The summed E-state index contributed by atoms with van der Waals surface area (Å²) in [4.78, 5) is 11.4. The van der Waals surface area contributed by atoms with Crippen LogP contribution in [0, 0.1) is 5.92 Å². The van der Waals surface area contributed by atoms with Crippen LogP contribution in [0.25, 0.3) is 0 Å². The molecule has 0 amide bonds. The molecule has 0 radical (unpaired) electrons. The van der Waals surface area contributed by atoms with Gasteiger partial charge in [-0.3, -0.25) is 4.79 Å². The van der Waals surface area contributed by atoms with Gasteiger partial charge in [0, 0.05) is 0 Å². The second kappa shape index (κ2) is 7.81. The van der Waals surface area contributed by atoms with Crippen LogP contribution < -0.4 is 0 Å². The van der Waals surface area contributed by atoms with Gasteiger partial charge in [-0.1, -0.05) is 64.2 Å². The fourth-order valence-electron chi connectivity index (χ4n) is 3.26. The van der Waals surface area contributed by atoms with Gasteiger partial charge in [-0.15, -0.1) is 0 Å². The molecule has 1 saturated heterocycles. The Morgan fingerprint density at radius 1 is 0.667 bits per heavy atom. The Kier molecular flexibility index (Phi) is 6.02. The predicted molar refractivity (Wildman–Crippen MR) is 73.4 cm³/mol. The zero-order valence-electron chi connectivity index (χ0n) is 11.7. The summed E-state index contributed by atoms with van der Waals surface area (Å²) in [5.74, 6) is 0.319. The molecule has 2 aliphatic rings. The third-order valence-corrected chi connectivity index (χ3v) is 4.52. The van der Waals surface area contributed by atoms with Gasteiger partial charge < -0.3 is 4.74 Å². The fourth-order valence-corrected chi connectivity index (χ4v) is 3.26. The van der Waals surface area contributed by atoms with Crippen molar-refractivity contribution in [2.75, 3.05) is 0 Å². The van der Waals surface area contributed by atoms with Crippen LogP contribution in [0.5, 0.6) is 0 Å². The molecular formula is C16H28O2. The summed E-state index contributed by atoms with van der Waals surface area (Å²) in [6.45, 7) is 0. The first kappa shape index (κ1) is 13.9. The van der Waals surface area contributed by atoms with E-state index in [2.05, 4.69) is 0 Å². The van der Waals surface area contributed by atoms with E-state index in [1.165, 1.54) is 70.6 Å². The topological polar surface area (TPSA) is 26.3 Å².